The summed E-state index contributed by atoms with van der Waals surface area (Å²) in [5.41, 5.74) is 2.53. The molecular weight excluding hydrogens is 254 g/mol. The van der Waals surface area contributed by atoms with Crippen molar-refractivity contribution in [3.05, 3.63) is 64.7 Å². The Bertz CT molecular complexity index is 669. The number of aryl methyl sites for hydroxylation is 1. The second-order valence-electron chi connectivity index (χ2n) is 4.40. The fourth-order valence-electron chi connectivity index (χ4n) is 1.76. The molecular formula is C16H13NO3. The molecule has 0 bridgehead atoms. The second kappa shape index (κ2) is 5.89. The van der Waals surface area contributed by atoms with Crippen LogP contribution in [0.1, 0.15) is 27.0 Å². The molecule has 0 heterocycles. The summed E-state index contributed by atoms with van der Waals surface area (Å²) in [7, 11) is 0. The van der Waals surface area contributed by atoms with Gasteiger partial charge in [0.25, 0.3) is 0 Å². The van der Waals surface area contributed by atoms with Crippen LogP contribution in [0.2, 0.25) is 0 Å². The summed E-state index contributed by atoms with van der Waals surface area (Å²) in [5.74, 6) is -0.665. The van der Waals surface area contributed by atoms with Crippen molar-refractivity contribution in [2.75, 3.05) is 0 Å². The molecule has 2 aromatic rings. The predicted molar refractivity (Wildman–Crippen MR) is 73.6 cm³/mol. The number of benzene rings is 2. The number of carboxylic acid groups (broad SMARTS) is 1. The predicted octanol–water partition coefficient (Wildman–Crippen LogP) is 3.14. The Kier molecular flexibility index (Phi) is 4.02. The van der Waals surface area contributed by atoms with E-state index in [4.69, 9.17) is 15.1 Å². The second-order valence-corrected chi connectivity index (χ2v) is 4.40. The van der Waals surface area contributed by atoms with Crippen LogP contribution in [-0.2, 0) is 6.61 Å². The van der Waals surface area contributed by atoms with Crippen LogP contribution < -0.4 is 4.74 Å². The minimum atomic E-state index is -1.01. The number of hydrogen-bond donors (Lipinski definition) is 1. The van der Waals surface area contributed by atoms with E-state index in [1.54, 1.807) is 36.4 Å². The Morgan fingerprint density at radius 3 is 2.55 bits per heavy atom. The molecule has 4 nitrogen and oxygen atoms in total. The molecule has 2 aromatic carbocycles. The van der Waals surface area contributed by atoms with Gasteiger partial charge < -0.3 is 9.84 Å². The van der Waals surface area contributed by atoms with Crippen molar-refractivity contribution >= 4 is 5.97 Å². The van der Waals surface area contributed by atoms with Crippen molar-refractivity contribution in [3.63, 3.8) is 0 Å². The maximum atomic E-state index is 11.1. The monoisotopic (exact) mass is 267 g/mol. The van der Waals surface area contributed by atoms with E-state index in [0.717, 1.165) is 11.1 Å². The summed E-state index contributed by atoms with van der Waals surface area (Å²) in [6.07, 6.45) is 0. The highest BCUT2D eigenvalue weighted by Crippen LogP contribution is 2.21. The number of ether oxygens (including phenoxy) is 1. The Balaban J connectivity index is 2.15. The van der Waals surface area contributed by atoms with Crippen molar-refractivity contribution in [3.8, 4) is 11.8 Å². The summed E-state index contributed by atoms with van der Waals surface area (Å²) >= 11 is 0. The van der Waals surface area contributed by atoms with Crippen molar-refractivity contribution in [1.82, 2.24) is 0 Å². The summed E-state index contributed by atoms with van der Waals surface area (Å²) in [5, 5.41) is 17.8. The first-order chi connectivity index (χ1) is 9.60. The van der Waals surface area contributed by atoms with Crippen LogP contribution in [0.15, 0.2) is 42.5 Å². The van der Waals surface area contributed by atoms with Gasteiger partial charge in [-0.3, -0.25) is 0 Å². The molecule has 100 valence electrons. The van der Waals surface area contributed by atoms with Crippen molar-refractivity contribution in [2.24, 2.45) is 0 Å². The lowest BCUT2D eigenvalue weighted by Gasteiger charge is -2.10. The first kappa shape index (κ1) is 13.6. The molecule has 20 heavy (non-hydrogen) atoms. The molecule has 0 aliphatic rings. The van der Waals surface area contributed by atoms with E-state index in [1.165, 1.54) is 6.07 Å². The highest BCUT2D eigenvalue weighted by atomic mass is 16.5. The highest BCUT2D eigenvalue weighted by Gasteiger charge is 2.11. The zero-order valence-electron chi connectivity index (χ0n) is 11.0. The van der Waals surface area contributed by atoms with Gasteiger partial charge in [0.2, 0.25) is 0 Å². The molecule has 0 spiro atoms. The summed E-state index contributed by atoms with van der Waals surface area (Å²) < 4.78 is 5.58. The number of carbonyl (C=O) groups is 1. The van der Waals surface area contributed by atoms with E-state index in [-0.39, 0.29) is 12.2 Å². The summed E-state index contributed by atoms with van der Waals surface area (Å²) in [4.78, 5) is 11.1. The van der Waals surface area contributed by atoms with Gasteiger partial charge in [0.15, 0.2) is 0 Å². The largest absolute Gasteiger partial charge is 0.488 e. The van der Waals surface area contributed by atoms with Crippen LogP contribution in [0, 0.1) is 18.3 Å². The van der Waals surface area contributed by atoms with Gasteiger partial charge in [0.05, 0.1) is 11.6 Å². The number of hydrogen-bond acceptors (Lipinski definition) is 3. The molecule has 0 amide bonds. The van der Waals surface area contributed by atoms with Gasteiger partial charge in [-0.25, -0.2) is 4.79 Å². The van der Waals surface area contributed by atoms with E-state index in [0.29, 0.717) is 11.3 Å². The van der Waals surface area contributed by atoms with Crippen LogP contribution in [0.3, 0.4) is 0 Å². The zero-order valence-corrected chi connectivity index (χ0v) is 11.0. The molecule has 0 fully saturated rings. The van der Waals surface area contributed by atoms with Crippen molar-refractivity contribution in [1.29, 1.82) is 5.26 Å². The van der Waals surface area contributed by atoms with E-state index in [9.17, 15) is 4.79 Å². The lowest BCUT2D eigenvalue weighted by Crippen LogP contribution is -2.03. The summed E-state index contributed by atoms with van der Waals surface area (Å²) in [6.45, 7) is 2.13. The number of rotatable bonds is 4. The van der Waals surface area contributed by atoms with Crippen LogP contribution in [0.25, 0.3) is 0 Å². The Morgan fingerprint density at radius 1 is 1.25 bits per heavy atom. The van der Waals surface area contributed by atoms with Crippen LogP contribution in [-0.4, -0.2) is 11.1 Å². The van der Waals surface area contributed by atoms with Gasteiger partial charge in [-0.05, 0) is 42.3 Å². The molecule has 0 aliphatic carbocycles. The smallest absolute Gasteiger partial charge is 0.339 e. The maximum absolute atomic E-state index is 11.1. The van der Waals surface area contributed by atoms with E-state index in [2.05, 4.69) is 0 Å². The Hall–Kier alpha value is -2.80. The van der Waals surface area contributed by atoms with Gasteiger partial charge in [-0.15, -0.1) is 0 Å². The standard InChI is InChI=1S/C16H13NO3/c1-11-2-7-14(16(18)19)15(8-11)20-10-13-5-3-12(9-17)4-6-13/h2-8H,10H2,1H3,(H,18,19). The third-order valence-electron chi connectivity index (χ3n) is 2.84. The molecule has 4 heteroatoms. The Morgan fingerprint density at radius 2 is 1.95 bits per heavy atom. The maximum Gasteiger partial charge on any atom is 0.339 e. The molecule has 0 radical (unpaired) electrons. The molecule has 0 saturated heterocycles. The topological polar surface area (TPSA) is 70.3 Å². The zero-order chi connectivity index (χ0) is 14.5. The minimum absolute atomic E-state index is 0.143. The number of nitriles is 1. The molecule has 1 N–H and O–H groups in total. The molecule has 0 atom stereocenters. The molecule has 0 aromatic heterocycles. The van der Waals surface area contributed by atoms with E-state index in [1.807, 2.05) is 13.0 Å². The molecule has 0 aliphatic heterocycles. The fraction of sp³-hybridized carbons (Fsp3) is 0.125. The first-order valence-electron chi connectivity index (χ1n) is 6.06. The lowest BCUT2D eigenvalue weighted by molar-refractivity contribution is 0.0692. The van der Waals surface area contributed by atoms with E-state index < -0.39 is 5.97 Å². The van der Waals surface area contributed by atoms with E-state index >= 15 is 0 Å². The van der Waals surface area contributed by atoms with Crippen LogP contribution in [0.5, 0.6) is 5.75 Å². The average Bonchev–Trinajstić information content (AvgIpc) is 2.45. The first-order valence-corrected chi connectivity index (χ1v) is 6.06. The fourth-order valence-corrected chi connectivity index (χ4v) is 1.76. The average molecular weight is 267 g/mol. The number of nitrogens with zero attached hydrogens (tertiary/aromatic N) is 1. The van der Waals surface area contributed by atoms with Gasteiger partial charge in [-0.1, -0.05) is 18.2 Å². The van der Waals surface area contributed by atoms with Gasteiger partial charge in [0, 0.05) is 0 Å². The SMILES string of the molecule is Cc1ccc(C(=O)O)c(OCc2ccc(C#N)cc2)c1. The quantitative estimate of drug-likeness (QED) is 0.923. The van der Waals surface area contributed by atoms with Crippen molar-refractivity contribution < 1.29 is 14.6 Å². The van der Waals surface area contributed by atoms with Gasteiger partial charge in [0.1, 0.15) is 17.9 Å². The molecule has 0 unspecified atom stereocenters. The minimum Gasteiger partial charge on any atom is -0.488 e. The highest BCUT2D eigenvalue weighted by molar-refractivity contribution is 5.90. The van der Waals surface area contributed by atoms with Crippen LogP contribution >= 0.6 is 0 Å². The normalized spacial score (nSPS) is 9.80. The molecule has 0 saturated carbocycles. The van der Waals surface area contributed by atoms with Gasteiger partial charge >= 0.3 is 5.97 Å². The van der Waals surface area contributed by atoms with Crippen LogP contribution in [0.4, 0.5) is 0 Å². The Labute approximate surface area is 116 Å². The summed E-state index contributed by atoms with van der Waals surface area (Å²) in [6, 6.07) is 14.0. The number of carboxylic acids is 1. The number of aromatic carboxylic acids is 1. The molecule has 2 rings (SSSR count). The van der Waals surface area contributed by atoms with Crippen molar-refractivity contribution in [2.45, 2.75) is 13.5 Å². The third-order valence-corrected chi connectivity index (χ3v) is 2.84. The van der Waals surface area contributed by atoms with Gasteiger partial charge in [-0.2, -0.15) is 5.26 Å². The lowest BCUT2D eigenvalue weighted by atomic mass is 10.1. The third kappa shape index (κ3) is 3.15.